The molecular weight excluding hydrogens is 320 g/mol. The van der Waals surface area contributed by atoms with Crippen molar-refractivity contribution in [3.63, 3.8) is 0 Å². The number of hydrogen-bond donors (Lipinski definition) is 2. The summed E-state index contributed by atoms with van der Waals surface area (Å²) >= 11 is 0. The highest BCUT2D eigenvalue weighted by molar-refractivity contribution is 7.89. The molecule has 0 saturated carbocycles. The normalized spacial score (nSPS) is 12.2. The lowest BCUT2D eigenvalue weighted by atomic mass is 10.1. The number of hydrogen-bond acceptors (Lipinski definition) is 4. The Balaban J connectivity index is 3.15. The van der Waals surface area contributed by atoms with Gasteiger partial charge < -0.3 is 10.4 Å². The average Bonchev–Trinajstić information content (AvgIpc) is 2.47. The van der Waals surface area contributed by atoms with Crippen LogP contribution in [-0.4, -0.2) is 48.3 Å². The molecule has 1 rings (SSSR count). The summed E-state index contributed by atoms with van der Waals surface area (Å²) < 4.78 is 26.2. The Morgan fingerprint density at radius 2 is 1.78 bits per heavy atom. The summed E-state index contributed by atoms with van der Waals surface area (Å²) in [7, 11) is -3.68. The van der Waals surface area contributed by atoms with E-state index in [1.165, 1.54) is 42.4 Å². The molecule has 0 aliphatic heterocycles. The van der Waals surface area contributed by atoms with Crippen LogP contribution in [0.5, 0.6) is 0 Å². The van der Waals surface area contributed by atoms with Crippen LogP contribution in [0, 0.1) is 0 Å². The molecule has 0 radical (unpaired) electrons. The Hall–Kier alpha value is -1.93. The summed E-state index contributed by atoms with van der Waals surface area (Å²) in [5.41, 5.74) is -1.36. The molecule has 128 valence electrons. The van der Waals surface area contributed by atoms with Gasteiger partial charge in [0, 0.05) is 18.7 Å². The molecular formula is C15H22N2O5S. The molecule has 1 aromatic carbocycles. The molecule has 1 amide bonds. The largest absolute Gasteiger partial charge is 0.480 e. The highest BCUT2D eigenvalue weighted by Crippen LogP contribution is 2.17. The molecule has 2 N–H and O–H groups in total. The molecule has 0 aromatic heterocycles. The van der Waals surface area contributed by atoms with E-state index < -0.39 is 27.4 Å². The molecule has 0 fully saturated rings. The average molecular weight is 342 g/mol. The van der Waals surface area contributed by atoms with E-state index >= 15 is 0 Å². The van der Waals surface area contributed by atoms with Gasteiger partial charge in [0.25, 0.3) is 5.91 Å². The van der Waals surface area contributed by atoms with Crippen LogP contribution in [0.1, 0.15) is 38.1 Å². The van der Waals surface area contributed by atoms with Crippen LogP contribution in [0.4, 0.5) is 0 Å². The number of benzene rings is 1. The molecule has 0 unspecified atom stereocenters. The van der Waals surface area contributed by atoms with E-state index in [-0.39, 0.29) is 10.5 Å². The molecule has 0 aliphatic rings. The predicted molar refractivity (Wildman–Crippen MR) is 85.7 cm³/mol. The summed E-state index contributed by atoms with van der Waals surface area (Å²) in [6.07, 6.45) is 0. The highest BCUT2D eigenvalue weighted by atomic mass is 32.2. The van der Waals surface area contributed by atoms with E-state index in [0.717, 1.165) is 0 Å². The zero-order valence-corrected chi connectivity index (χ0v) is 14.5. The maximum Gasteiger partial charge on any atom is 0.328 e. The zero-order valence-electron chi connectivity index (χ0n) is 13.7. The third kappa shape index (κ3) is 4.29. The topological polar surface area (TPSA) is 104 Å². The molecule has 0 aliphatic carbocycles. The number of nitrogens with one attached hydrogen (secondary N) is 1. The van der Waals surface area contributed by atoms with Gasteiger partial charge in [-0.1, -0.05) is 19.9 Å². The molecule has 7 nitrogen and oxygen atoms in total. The molecule has 0 atom stereocenters. The Kier molecular flexibility index (Phi) is 5.90. The smallest absolute Gasteiger partial charge is 0.328 e. The van der Waals surface area contributed by atoms with Crippen molar-refractivity contribution in [1.82, 2.24) is 9.62 Å². The van der Waals surface area contributed by atoms with Gasteiger partial charge in [0.05, 0.1) is 4.90 Å². The van der Waals surface area contributed by atoms with Crippen LogP contribution >= 0.6 is 0 Å². The fraction of sp³-hybridized carbons (Fsp3) is 0.467. The molecule has 1 aromatic rings. The number of carboxylic acid groups (broad SMARTS) is 1. The first-order chi connectivity index (χ1) is 10.6. The van der Waals surface area contributed by atoms with E-state index in [4.69, 9.17) is 5.11 Å². The lowest BCUT2D eigenvalue weighted by molar-refractivity contribution is -0.143. The van der Waals surface area contributed by atoms with Gasteiger partial charge >= 0.3 is 5.97 Å². The molecule has 0 bridgehead atoms. The zero-order chi connectivity index (χ0) is 17.8. The van der Waals surface area contributed by atoms with Gasteiger partial charge in [-0.05, 0) is 32.0 Å². The van der Waals surface area contributed by atoms with Gasteiger partial charge in [0.1, 0.15) is 5.54 Å². The maximum atomic E-state index is 12.5. The monoisotopic (exact) mass is 342 g/mol. The summed E-state index contributed by atoms with van der Waals surface area (Å²) in [5.74, 6) is -1.83. The minimum Gasteiger partial charge on any atom is -0.480 e. The van der Waals surface area contributed by atoms with Crippen molar-refractivity contribution in [3.8, 4) is 0 Å². The summed E-state index contributed by atoms with van der Waals surface area (Å²) in [6, 6.07) is 5.56. The quantitative estimate of drug-likeness (QED) is 0.777. The first-order valence-corrected chi connectivity index (χ1v) is 8.66. The van der Waals surface area contributed by atoms with Gasteiger partial charge in [-0.25, -0.2) is 13.2 Å². The van der Waals surface area contributed by atoms with Crippen molar-refractivity contribution < 1.29 is 23.1 Å². The SMILES string of the molecule is CCN(CC)S(=O)(=O)c1cccc(C(=O)NC(C)(C)C(=O)O)c1. The first kappa shape index (κ1) is 19.1. The number of carbonyl (C=O) groups is 2. The number of rotatable bonds is 7. The molecule has 23 heavy (non-hydrogen) atoms. The van der Waals surface area contributed by atoms with E-state index in [2.05, 4.69) is 5.32 Å². The lowest BCUT2D eigenvalue weighted by Crippen LogP contribution is -2.49. The third-order valence-corrected chi connectivity index (χ3v) is 5.45. The van der Waals surface area contributed by atoms with Crippen molar-refractivity contribution in [1.29, 1.82) is 0 Å². The Morgan fingerprint density at radius 1 is 1.22 bits per heavy atom. The second-order valence-corrected chi connectivity index (χ2v) is 7.44. The van der Waals surface area contributed by atoms with Crippen LogP contribution in [-0.2, 0) is 14.8 Å². The lowest BCUT2D eigenvalue weighted by Gasteiger charge is -2.21. The van der Waals surface area contributed by atoms with Crippen molar-refractivity contribution >= 4 is 21.9 Å². The van der Waals surface area contributed by atoms with Crippen molar-refractivity contribution in [2.45, 2.75) is 38.1 Å². The van der Waals surface area contributed by atoms with Crippen LogP contribution in [0.25, 0.3) is 0 Å². The number of carboxylic acids is 1. The Morgan fingerprint density at radius 3 is 2.26 bits per heavy atom. The van der Waals surface area contributed by atoms with Gasteiger partial charge in [-0.3, -0.25) is 4.79 Å². The maximum absolute atomic E-state index is 12.5. The highest BCUT2D eigenvalue weighted by Gasteiger charge is 2.30. The van der Waals surface area contributed by atoms with Crippen LogP contribution in [0.15, 0.2) is 29.2 Å². The van der Waals surface area contributed by atoms with Crippen LogP contribution < -0.4 is 5.32 Å². The van der Waals surface area contributed by atoms with Crippen molar-refractivity contribution in [3.05, 3.63) is 29.8 Å². The van der Waals surface area contributed by atoms with Crippen LogP contribution in [0.3, 0.4) is 0 Å². The standard InChI is InChI=1S/C15H22N2O5S/c1-5-17(6-2)23(21,22)12-9-7-8-11(10-12)13(18)16-15(3,4)14(19)20/h7-10H,5-6H2,1-4H3,(H,16,18)(H,19,20). The second-order valence-electron chi connectivity index (χ2n) is 5.50. The van der Waals surface area contributed by atoms with E-state index in [1.807, 2.05) is 0 Å². The van der Waals surface area contributed by atoms with Gasteiger partial charge in [-0.2, -0.15) is 4.31 Å². The van der Waals surface area contributed by atoms with Gasteiger partial charge in [-0.15, -0.1) is 0 Å². The van der Waals surface area contributed by atoms with Gasteiger partial charge in [0.2, 0.25) is 10.0 Å². The number of aliphatic carboxylic acids is 1. The predicted octanol–water partition coefficient (Wildman–Crippen LogP) is 1.31. The minimum atomic E-state index is -3.68. The first-order valence-electron chi connectivity index (χ1n) is 7.22. The third-order valence-electron chi connectivity index (χ3n) is 3.40. The van der Waals surface area contributed by atoms with Gasteiger partial charge in [0.15, 0.2) is 0 Å². The fourth-order valence-electron chi connectivity index (χ4n) is 1.92. The van der Waals surface area contributed by atoms with Crippen LogP contribution in [0.2, 0.25) is 0 Å². The van der Waals surface area contributed by atoms with E-state index in [1.54, 1.807) is 13.8 Å². The fourth-order valence-corrected chi connectivity index (χ4v) is 3.42. The minimum absolute atomic E-state index is 0.00183. The number of carbonyl (C=O) groups excluding carboxylic acids is 1. The number of sulfonamides is 1. The Bertz CT molecular complexity index is 694. The molecule has 0 heterocycles. The number of nitrogens with zero attached hydrogens (tertiary/aromatic N) is 1. The van der Waals surface area contributed by atoms with Crippen molar-refractivity contribution in [2.75, 3.05) is 13.1 Å². The number of amides is 1. The van der Waals surface area contributed by atoms with E-state index in [0.29, 0.717) is 13.1 Å². The summed E-state index contributed by atoms with van der Waals surface area (Å²) in [6.45, 7) is 6.80. The second kappa shape index (κ2) is 7.10. The molecule has 0 spiro atoms. The summed E-state index contributed by atoms with van der Waals surface area (Å²) in [5, 5.41) is 11.4. The summed E-state index contributed by atoms with van der Waals surface area (Å²) in [4.78, 5) is 23.2. The Labute approximate surface area is 136 Å². The molecule has 0 saturated heterocycles. The molecule has 8 heteroatoms. The van der Waals surface area contributed by atoms with Crippen molar-refractivity contribution in [2.24, 2.45) is 0 Å². The van der Waals surface area contributed by atoms with E-state index in [9.17, 15) is 18.0 Å².